The van der Waals surface area contributed by atoms with Crippen LogP contribution in [-0.2, 0) is 9.47 Å². The molecule has 0 aromatic rings. The molecule has 0 N–H and O–H groups in total. The first-order valence-corrected chi connectivity index (χ1v) is 2.82. The van der Waals surface area contributed by atoms with Crippen molar-refractivity contribution in [1.29, 1.82) is 0 Å². The standard InChI is InChI=1S/C6H8O2/c1-5-4-7-6(8-5)2-3-6/h1-4H2. The van der Waals surface area contributed by atoms with Crippen LogP contribution in [-0.4, -0.2) is 12.4 Å². The molecule has 8 heavy (non-hydrogen) atoms. The molecule has 2 heteroatoms. The Morgan fingerprint density at radius 2 is 2.25 bits per heavy atom. The second-order valence-corrected chi connectivity index (χ2v) is 2.34. The molecule has 1 saturated carbocycles. The number of ether oxygens (including phenoxy) is 2. The predicted octanol–water partition coefficient (Wildman–Crippen LogP) is 1.04. The molecule has 2 aliphatic rings. The Morgan fingerprint density at radius 3 is 2.50 bits per heavy atom. The lowest BCUT2D eigenvalue weighted by Gasteiger charge is -2.02. The molecule has 1 saturated heterocycles. The van der Waals surface area contributed by atoms with E-state index in [9.17, 15) is 0 Å². The first-order chi connectivity index (χ1) is 3.81. The van der Waals surface area contributed by atoms with Crippen molar-refractivity contribution in [2.45, 2.75) is 18.6 Å². The van der Waals surface area contributed by atoms with E-state index in [2.05, 4.69) is 6.58 Å². The molecule has 0 unspecified atom stereocenters. The smallest absolute Gasteiger partial charge is 0.211 e. The Balaban J connectivity index is 2.13. The molecule has 0 bridgehead atoms. The van der Waals surface area contributed by atoms with Crippen molar-refractivity contribution in [2.75, 3.05) is 6.61 Å². The Labute approximate surface area is 48.1 Å². The van der Waals surface area contributed by atoms with Gasteiger partial charge in [-0.25, -0.2) is 0 Å². The summed E-state index contributed by atoms with van der Waals surface area (Å²) in [7, 11) is 0. The van der Waals surface area contributed by atoms with Crippen LogP contribution in [0.15, 0.2) is 12.3 Å². The maximum absolute atomic E-state index is 5.24. The van der Waals surface area contributed by atoms with Crippen molar-refractivity contribution in [3.63, 3.8) is 0 Å². The molecule has 0 aromatic heterocycles. The molecule has 1 aliphatic carbocycles. The van der Waals surface area contributed by atoms with Crippen LogP contribution in [0.3, 0.4) is 0 Å². The zero-order valence-electron chi connectivity index (χ0n) is 4.64. The summed E-state index contributed by atoms with van der Waals surface area (Å²) in [6.07, 6.45) is 2.10. The summed E-state index contributed by atoms with van der Waals surface area (Å²) in [5.41, 5.74) is 0. The zero-order chi connectivity index (χ0) is 5.61. The van der Waals surface area contributed by atoms with Gasteiger partial charge in [-0.3, -0.25) is 0 Å². The molecule has 2 rings (SSSR count). The zero-order valence-corrected chi connectivity index (χ0v) is 4.64. The summed E-state index contributed by atoms with van der Waals surface area (Å²) in [6.45, 7) is 4.24. The van der Waals surface area contributed by atoms with Crippen LogP contribution in [0.4, 0.5) is 0 Å². The Kier molecular flexibility index (Phi) is 0.591. The van der Waals surface area contributed by atoms with Crippen molar-refractivity contribution < 1.29 is 9.47 Å². The van der Waals surface area contributed by atoms with Crippen molar-refractivity contribution in [3.8, 4) is 0 Å². The molecule has 2 nitrogen and oxygen atoms in total. The average Bonchev–Trinajstić information content (AvgIpc) is 2.34. The minimum atomic E-state index is -0.183. The topological polar surface area (TPSA) is 18.5 Å². The van der Waals surface area contributed by atoms with Crippen molar-refractivity contribution >= 4 is 0 Å². The van der Waals surface area contributed by atoms with Gasteiger partial charge in [-0.2, -0.15) is 0 Å². The summed E-state index contributed by atoms with van der Waals surface area (Å²) < 4.78 is 10.5. The summed E-state index contributed by atoms with van der Waals surface area (Å²) >= 11 is 0. The molecular formula is C6H8O2. The molecule has 44 valence electrons. The first kappa shape index (κ1) is 4.39. The Hall–Kier alpha value is -0.500. The summed E-state index contributed by atoms with van der Waals surface area (Å²) in [6, 6.07) is 0. The average molecular weight is 112 g/mol. The van der Waals surface area contributed by atoms with E-state index >= 15 is 0 Å². The van der Waals surface area contributed by atoms with Gasteiger partial charge >= 0.3 is 0 Å². The molecule has 2 fully saturated rings. The molecule has 0 aromatic carbocycles. The van der Waals surface area contributed by atoms with Gasteiger partial charge < -0.3 is 9.47 Å². The van der Waals surface area contributed by atoms with Crippen molar-refractivity contribution in [3.05, 3.63) is 12.3 Å². The largest absolute Gasteiger partial charge is 0.465 e. The van der Waals surface area contributed by atoms with E-state index in [1.54, 1.807) is 0 Å². The van der Waals surface area contributed by atoms with Gasteiger partial charge in [-0.1, -0.05) is 6.58 Å². The highest BCUT2D eigenvalue weighted by Gasteiger charge is 2.50. The van der Waals surface area contributed by atoms with Crippen LogP contribution in [0, 0.1) is 0 Å². The Morgan fingerprint density at radius 1 is 1.50 bits per heavy atom. The van der Waals surface area contributed by atoms with E-state index in [-0.39, 0.29) is 5.79 Å². The van der Waals surface area contributed by atoms with Crippen LogP contribution >= 0.6 is 0 Å². The van der Waals surface area contributed by atoms with Gasteiger partial charge in [0.05, 0.1) is 0 Å². The number of hydrogen-bond donors (Lipinski definition) is 0. The summed E-state index contributed by atoms with van der Waals surface area (Å²) in [5, 5.41) is 0. The van der Waals surface area contributed by atoms with Crippen LogP contribution in [0.25, 0.3) is 0 Å². The van der Waals surface area contributed by atoms with Crippen LogP contribution in [0.1, 0.15) is 12.8 Å². The van der Waals surface area contributed by atoms with E-state index in [0.29, 0.717) is 6.61 Å². The number of rotatable bonds is 0. The number of hydrogen-bond acceptors (Lipinski definition) is 2. The molecule has 1 spiro atoms. The maximum atomic E-state index is 5.24. The first-order valence-electron chi connectivity index (χ1n) is 2.82. The lowest BCUT2D eigenvalue weighted by atomic mass is 10.6. The Bertz CT molecular complexity index is 135. The lowest BCUT2D eigenvalue weighted by Crippen LogP contribution is -2.05. The van der Waals surface area contributed by atoms with Gasteiger partial charge in [-0.15, -0.1) is 0 Å². The van der Waals surface area contributed by atoms with Gasteiger partial charge in [0.15, 0.2) is 0 Å². The van der Waals surface area contributed by atoms with Crippen molar-refractivity contribution in [1.82, 2.24) is 0 Å². The van der Waals surface area contributed by atoms with Gasteiger partial charge in [0.2, 0.25) is 5.79 Å². The van der Waals surface area contributed by atoms with E-state index in [1.165, 1.54) is 0 Å². The van der Waals surface area contributed by atoms with Gasteiger partial charge in [0.25, 0.3) is 0 Å². The molecule has 0 atom stereocenters. The van der Waals surface area contributed by atoms with Gasteiger partial charge in [-0.05, 0) is 0 Å². The highest BCUT2D eigenvalue weighted by Crippen LogP contribution is 2.46. The monoisotopic (exact) mass is 112 g/mol. The molecular weight excluding hydrogens is 104 g/mol. The summed E-state index contributed by atoms with van der Waals surface area (Å²) in [4.78, 5) is 0. The van der Waals surface area contributed by atoms with Crippen molar-refractivity contribution in [2.24, 2.45) is 0 Å². The summed E-state index contributed by atoms with van der Waals surface area (Å²) in [5.74, 6) is 0.597. The minimum absolute atomic E-state index is 0.183. The van der Waals surface area contributed by atoms with Crippen LogP contribution < -0.4 is 0 Å². The maximum Gasteiger partial charge on any atom is 0.211 e. The minimum Gasteiger partial charge on any atom is -0.465 e. The third-order valence-electron chi connectivity index (χ3n) is 1.48. The fraction of sp³-hybridized carbons (Fsp3) is 0.667. The quantitative estimate of drug-likeness (QED) is 0.466. The highest BCUT2D eigenvalue weighted by atomic mass is 16.7. The third kappa shape index (κ3) is 0.464. The molecule has 1 aliphatic heterocycles. The van der Waals surface area contributed by atoms with Gasteiger partial charge in [0, 0.05) is 12.8 Å². The fourth-order valence-electron chi connectivity index (χ4n) is 0.882. The second-order valence-electron chi connectivity index (χ2n) is 2.34. The molecule has 0 radical (unpaired) electrons. The highest BCUT2D eigenvalue weighted by molar-refractivity contribution is 5.00. The van der Waals surface area contributed by atoms with E-state index < -0.39 is 0 Å². The van der Waals surface area contributed by atoms with E-state index in [1.807, 2.05) is 0 Å². The predicted molar refractivity (Wildman–Crippen MR) is 28.1 cm³/mol. The van der Waals surface area contributed by atoms with Gasteiger partial charge in [0.1, 0.15) is 12.4 Å². The SMILES string of the molecule is C=C1COC2(CC2)O1. The second kappa shape index (κ2) is 1.08. The normalized spacial score (nSPS) is 30.8. The van der Waals surface area contributed by atoms with E-state index in [4.69, 9.17) is 9.47 Å². The fourth-order valence-corrected chi connectivity index (χ4v) is 0.882. The van der Waals surface area contributed by atoms with Crippen LogP contribution in [0.5, 0.6) is 0 Å². The van der Waals surface area contributed by atoms with E-state index in [0.717, 1.165) is 18.6 Å². The molecule has 1 heterocycles. The lowest BCUT2D eigenvalue weighted by molar-refractivity contribution is -0.0583. The molecule has 0 amide bonds. The van der Waals surface area contributed by atoms with Crippen LogP contribution in [0.2, 0.25) is 0 Å². The third-order valence-corrected chi connectivity index (χ3v) is 1.48.